The number of ketones is 2. The van der Waals surface area contributed by atoms with Crippen LogP contribution in [0.4, 0.5) is 4.79 Å². The summed E-state index contributed by atoms with van der Waals surface area (Å²) in [4.78, 5) is 102. The van der Waals surface area contributed by atoms with Crippen molar-refractivity contribution >= 4 is 41.2 Å². The second-order valence-corrected chi connectivity index (χ2v) is 16.3. The third kappa shape index (κ3) is 8.40. The summed E-state index contributed by atoms with van der Waals surface area (Å²) in [5.74, 6) is -1.19. The molecule has 5 N–H and O–H groups in total. The number of hydrogen-bond donors (Lipinski definition) is 3. The Bertz CT molecular complexity index is 1420. The van der Waals surface area contributed by atoms with Gasteiger partial charge in [0.05, 0.1) is 23.7 Å². The summed E-state index contributed by atoms with van der Waals surface area (Å²) in [6, 6.07) is -4.26. The summed E-state index contributed by atoms with van der Waals surface area (Å²) < 4.78 is 0. The van der Waals surface area contributed by atoms with E-state index in [1.807, 2.05) is 32.6 Å². The molecule has 0 aromatic rings. The summed E-state index contributed by atoms with van der Waals surface area (Å²) >= 11 is 0. The van der Waals surface area contributed by atoms with Crippen molar-refractivity contribution < 1.29 is 33.6 Å². The first-order valence-corrected chi connectivity index (χ1v) is 20.1. The number of nitrogens with one attached hydrogen (secondary N) is 1. The van der Waals surface area contributed by atoms with Gasteiger partial charge in [-0.25, -0.2) is 4.79 Å². The van der Waals surface area contributed by atoms with E-state index in [4.69, 9.17) is 11.5 Å². The second-order valence-electron chi connectivity index (χ2n) is 16.3. The van der Waals surface area contributed by atoms with E-state index in [0.717, 1.165) is 12.8 Å². The Balaban J connectivity index is 1.13. The fourth-order valence-corrected chi connectivity index (χ4v) is 9.59. The van der Waals surface area contributed by atoms with Gasteiger partial charge in [-0.05, 0) is 104 Å². The summed E-state index contributed by atoms with van der Waals surface area (Å²) in [5.41, 5.74) is 11.0. The number of rotatable bonds is 14. The van der Waals surface area contributed by atoms with Crippen molar-refractivity contribution in [3.05, 3.63) is 0 Å². The Hall–Kier alpha value is -3.59. The van der Waals surface area contributed by atoms with Crippen LogP contribution in [0.1, 0.15) is 111 Å². The van der Waals surface area contributed by atoms with Gasteiger partial charge in [0, 0.05) is 38.6 Å². The zero-order chi connectivity index (χ0) is 38.6. The van der Waals surface area contributed by atoms with E-state index in [2.05, 4.69) is 5.32 Å². The maximum Gasteiger partial charge on any atom is 0.315 e. The molecular weight excluding hydrogens is 680 g/mol. The standard InChI is InChI=1S/C38H62N8O7/c1-5-41-33(49)28-16-8-20-43(28)35(51)29-17-9-21-44(29)34(50)25(39)13-6-12-24(2)31(47)26-14-11-23-46(26)38(3,4)32(48)27-15-7-19-42(27)36(52)30-18-10-22-45(30)37(40)53/h24-30H,5-23,39H2,1-4H3,(H2,40,53)(H,41,49)/t24?,25-,26-,27-,28-,29-,30-/m1/s1. The number of primary amides is 1. The van der Waals surface area contributed by atoms with Gasteiger partial charge < -0.3 is 36.4 Å². The Morgan fingerprint density at radius 2 is 1.17 bits per heavy atom. The first-order valence-electron chi connectivity index (χ1n) is 20.1. The summed E-state index contributed by atoms with van der Waals surface area (Å²) in [5, 5.41) is 2.82. The molecule has 1 unspecified atom stereocenters. The molecule has 53 heavy (non-hydrogen) atoms. The number of urea groups is 1. The number of Topliss-reactive ketones (excluding diaryl/α,β-unsaturated/α-hetero) is 2. The molecule has 0 bridgehead atoms. The minimum absolute atomic E-state index is 0.0585. The first-order chi connectivity index (χ1) is 25.2. The molecule has 0 aromatic carbocycles. The molecule has 296 valence electrons. The quantitative estimate of drug-likeness (QED) is 0.234. The smallest absolute Gasteiger partial charge is 0.315 e. The van der Waals surface area contributed by atoms with Gasteiger partial charge in [0.2, 0.25) is 23.6 Å². The van der Waals surface area contributed by atoms with Gasteiger partial charge in [0.25, 0.3) is 0 Å². The van der Waals surface area contributed by atoms with Crippen molar-refractivity contribution in [3.8, 4) is 0 Å². The van der Waals surface area contributed by atoms with E-state index in [0.29, 0.717) is 110 Å². The Labute approximate surface area is 313 Å². The van der Waals surface area contributed by atoms with Crippen LogP contribution in [0.2, 0.25) is 0 Å². The minimum Gasteiger partial charge on any atom is -0.355 e. The lowest BCUT2D eigenvalue weighted by Crippen LogP contribution is -2.61. The van der Waals surface area contributed by atoms with Crippen LogP contribution in [0.15, 0.2) is 0 Å². The van der Waals surface area contributed by atoms with Crippen molar-refractivity contribution in [1.29, 1.82) is 0 Å². The molecule has 5 rings (SSSR count). The van der Waals surface area contributed by atoms with Crippen LogP contribution in [0.5, 0.6) is 0 Å². The summed E-state index contributed by atoms with van der Waals surface area (Å²) in [7, 11) is 0. The van der Waals surface area contributed by atoms with Crippen molar-refractivity contribution in [2.24, 2.45) is 17.4 Å². The highest BCUT2D eigenvalue weighted by molar-refractivity contribution is 5.98. The number of nitrogens with zero attached hydrogens (tertiary/aromatic N) is 5. The number of nitrogens with two attached hydrogens (primary N) is 2. The number of likely N-dealkylation sites (tertiary alicyclic amines) is 5. The molecule has 0 radical (unpaired) electrons. The topological polar surface area (TPSA) is 200 Å². The lowest BCUT2D eigenvalue weighted by atomic mass is 9.86. The van der Waals surface area contributed by atoms with Crippen LogP contribution in [-0.4, -0.2) is 147 Å². The van der Waals surface area contributed by atoms with Gasteiger partial charge in [-0.3, -0.25) is 33.7 Å². The molecule has 5 fully saturated rings. The third-order valence-electron chi connectivity index (χ3n) is 12.5. The van der Waals surface area contributed by atoms with Gasteiger partial charge in [-0.15, -0.1) is 0 Å². The highest BCUT2D eigenvalue weighted by atomic mass is 16.2. The van der Waals surface area contributed by atoms with Crippen molar-refractivity contribution in [2.75, 3.05) is 39.3 Å². The molecule has 6 amide bonds. The van der Waals surface area contributed by atoms with E-state index >= 15 is 0 Å². The number of carbonyl (C=O) groups excluding carboxylic acids is 7. The predicted octanol–water partition coefficient (Wildman–Crippen LogP) is 1.15. The third-order valence-corrected chi connectivity index (χ3v) is 12.5. The minimum atomic E-state index is -0.990. The molecular formula is C38H62N8O7. The van der Waals surface area contributed by atoms with E-state index in [-0.39, 0.29) is 41.1 Å². The first kappa shape index (κ1) is 40.6. The SMILES string of the molecule is CCNC(=O)[C@H]1CCCN1C(=O)[C@H]1CCCN1C(=O)[C@H](N)CCCC(C)C(=O)[C@H]1CCCN1C(C)(C)C(=O)[C@H]1CCCN1C(=O)[C@H]1CCCN1C(N)=O. The maximum atomic E-state index is 14.2. The van der Waals surface area contributed by atoms with Crippen LogP contribution < -0.4 is 16.8 Å². The zero-order valence-electron chi connectivity index (χ0n) is 32.2. The highest BCUT2D eigenvalue weighted by Crippen LogP contribution is 2.35. The number of likely N-dealkylation sites (N-methyl/N-ethyl adjacent to an activating group) is 1. The molecule has 7 atom stereocenters. The van der Waals surface area contributed by atoms with Gasteiger partial charge in [-0.2, -0.15) is 0 Å². The molecule has 5 aliphatic rings. The van der Waals surface area contributed by atoms with Crippen molar-refractivity contribution in [3.63, 3.8) is 0 Å². The molecule has 15 nitrogen and oxygen atoms in total. The van der Waals surface area contributed by atoms with Crippen LogP contribution >= 0.6 is 0 Å². The van der Waals surface area contributed by atoms with Crippen LogP contribution in [0, 0.1) is 5.92 Å². The maximum absolute atomic E-state index is 14.2. The van der Waals surface area contributed by atoms with Gasteiger partial charge in [0.15, 0.2) is 11.6 Å². The highest BCUT2D eigenvalue weighted by Gasteiger charge is 2.50. The van der Waals surface area contributed by atoms with E-state index < -0.39 is 47.8 Å². The molecule has 0 aliphatic carbocycles. The fraction of sp³-hybridized carbons (Fsp3) is 0.816. The zero-order valence-corrected chi connectivity index (χ0v) is 32.2. The molecule has 5 heterocycles. The van der Waals surface area contributed by atoms with Crippen LogP contribution in [0.25, 0.3) is 0 Å². The lowest BCUT2D eigenvalue weighted by molar-refractivity contribution is -0.147. The molecule has 0 spiro atoms. The summed E-state index contributed by atoms with van der Waals surface area (Å²) in [6.07, 6.45) is 7.92. The molecule has 0 aromatic heterocycles. The van der Waals surface area contributed by atoms with E-state index in [1.165, 1.54) is 4.90 Å². The number of hydrogen-bond acceptors (Lipinski definition) is 9. The Morgan fingerprint density at radius 1 is 0.679 bits per heavy atom. The predicted molar refractivity (Wildman–Crippen MR) is 197 cm³/mol. The van der Waals surface area contributed by atoms with Crippen LogP contribution in [0.3, 0.4) is 0 Å². The normalized spacial score (nSPS) is 27.7. The van der Waals surface area contributed by atoms with E-state index in [1.54, 1.807) is 14.7 Å². The number of carbonyl (C=O) groups is 7. The van der Waals surface area contributed by atoms with Crippen LogP contribution in [-0.2, 0) is 28.8 Å². The monoisotopic (exact) mass is 742 g/mol. The van der Waals surface area contributed by atoms with Gasteiger partial charge in [-0.1, -0.05) is 13.3 Å². The second kappa shape index (κ2) is 17.3. The molecule has 15 heteroatoms. The van der Waals surface area contributed by atoms with E-state index in [9.17, 15) is 33.6 Å². The Morgan fingerprint density at radius 3 is 1.77 bits per heavy atom. The molecule has 5 aliphatic heterocycles. The number of amides is 6. The average Bonchev–Trinajstić information content (AvgIpc) is 3.98. The van der Waals surface area contributed by atoms with Crippen molar-refractivity contribution in [2.45, 2.75) is 153 Å². The molecule has 5 saturated heterocycles. The molecule has 0 saturated carbocycles. The van der Waals surface area contributed by atoms with Crippen molar-refractivity contribution in [1.82, 2.24) is 29.8 Å². The van der Waals surface area contributed by atoms with Gasteiger partial charge in [0.1, 0.15) is 18.1 Å². The average molecular weight is 743 g/mol. The lowest BCUT2D eigenvalue weighted by Gasteiger charge is -2.41. The summed E-state index contributed by atoms with van der Waals surface area (Å²) in [6.45, 7) is 10.3. The van der Waals surface area contributed by atoms with Gasteiger partial charge >= 0.3 is 6.03 Å². The Kier molecular flexibility index (Phi) is 13.2. The fourth-order valence-electron chi connectivity index (χ4n) is 9.59. The largest absolute Gasteiger partial charge is 0.355 e.